The van der Waals surface area contributed by atoms with Crippen molar-refractivity contribution in [2.45, 2.75) is 31.7 Å². The Kier molecular flexibility index (Phi) is 5.55. The van der Waals surface area contributed by atoms with Crippen LogP contribution in [0.1, 0.15) is 41.5 Å². The van der Waals surface area contributed by atoms with Crippen LogP contribution in [0.15, 0.2) is 78.0 Å². The van der Waals surface area contributed by atoms with Gasteiger partial charge in [0.05, 0.1) is 31.6 Å². The van der Waals surface area contributed by atoms with Crippen molar-refractivity contribution in [1.29, 1.82) is 0 Å². The van der Waals surface area contributed by atoms with Crippen LogP contribution in [0.4, 0.5) is 11.4 Å². The van der Waals surface area contributed by atoms with Gasteiger partial charge in [-0.1, -0.05) is 42.5 Å². The lowest BCUT2D eigenvalue weighted by Crippen LogP contribution is -2.27. The highest BCUT2D eigenvalue weighted by atomic mass is 16.5. The van der Waals surface area contributed by atoms with E-state index < -0.39 is 0 Å². The molecule has 3 aromatic rings. The first-order valence-corrected chi connectivity index (χ1v) is 11.2. The van der Waals surface area contributed by atoms with Crippen molar-refractivity contribution in [2.75, 3.05) is 24.9 Å². The molecule has 1 aliphatic heterocycles. The van der Waals surface area contributed by atoms with E-state index in [9.17, 15) is 4.79 Å². The minimum atomic E-state index is -0.198. The Balaban J connectivity index is 1.59. The summed E-state index contributed by atoms with van der Waals surface area (Å²) in [6.07, 6.45) is 1.20. The normalized spacial score (nSPS) is 19.5. The molecule has 5 nitrogen and oxygen atoms in total. The summed E-state index contributed by atoms with van der Waals surface area (Å²) < 4.78 is 10.9. The first kappa shape index (κ1) is 21.1. The van der Waals surface area contributed by atoms with Crippen LogP contribution in [-0.2, 0) is 4.79 Å². The van der Waals surface area contributed by atoms with Crippen LogP contribution < -0.4 is 20.1 Å². The third-order valence-electron chi connectivity index (χ3n) is 6.69. The van der Waals surface area contributed by atoms with Crippen molar-refractivity contribution in [3.8, 4) is 11.5 Å². The Morgan fingerprint density at radius 3 is 2.33 bits per heavy atom. The molecular weight excluding hydrogens is 412 g/mol. The minimum Gasteiger partial charge on any atom is -0.493 e. The molecule has 1 aliphatic carbocycles. The van der Waals surface area contributed by atoms with Crippen LogP contribution in [0.2, 0.25) is 0 Å². The molecule has 2 N–H and O–H groups in total. The fraction of sp³-hybridized carbons (Fsp3) is 0.250. The summed E-state index contributed by atoms with van der Waals surface area (Å²) in [5.74, 6) is 1.60. The fourth-order valence-corrected chi connectivity index (χ4v) is 4.98. The molecule has 0 unspecified atom stereocenters. The summed E-state index contributed by atoms with van der Waals surface area (Å²) in [6.45, 7) is 2.10. The van der Waals surface area contributed by atoms with Crippen molar-refractivity contribution in [3.05, 3.63) is 94.7 Å². The topological polar surface area (TPSA) is 59.6 Å². The van der Waals surface area contributed by atoms with Gasteiger partial charge in [-0.3, -0.25) is 4.79 Å². The van der Waals surface area contributed by atoms with E-state index in [0.717, 1.165) is 45.8 Å². The standard InChI is InChI=1S/C28H28N2O3/c1-17-8-4-5-9-20(17)28-27-23(29-21-10-6-7-11-22(21)30-28)14-19(15-24(27)31)18-12-13-25(32-2)26(16-18)33-3/h4-13,16,19,28-30H,14-15H2,1-3H3/t19-,28-/m0/s1. The molecule has 0 amide bonds. The number of rotatable bonds is 4. The number of benzene rings is 3. The number of carbonyl (C=O) groups is 1. The molecule has 33 heavy (non-hydrogen) atoms. The van der Waals surface area contributed by atoms with Crippen molar-refractivity contribution in [3.63, 3.8) is 0 Å². The molecule has 5 heteroatoms. The number of allylic oxidation sites excluding steroid dienone is 1. The number of ketones is 1. The number of anilines is 2. The maximum absolute atomic E-state index is 13.7. The van der Waals surface area contributed by atoms with E-state index in [1.54, 1.807) is 14.2 Å². The van der Waals surface area contributed by atoms with Gasteiger partial charge in [0, 0.05) is 17.7 Å². The van der Waals surface area contributed by atoms with Crippen LogP contribution in [-0.4, -0.2) is 20.0 Å². The Labute approximate surface area is 194 Å². The molecule has 0 saturated heterocycles. The smallest absolute Gasteiger partial charge is 0.163 e. The number of ether oxygens (including phenoxy) is 2. The summed E-state index contributed by atoms with van der Waals surface area (Å²) in [5.41, 5.74) is 7.16. The van der Waals surface area contributed by atoms with Gasteiger partial charge in [0.1, 0.15) is 0 Å². The Morgan fingerprint density at radius 1 is 0.848 bits per heavy atom. The first-order chi connectivity index (χ1) is 16.1. The van der Waals surface area contributed by atoms with E-state index in [4.69, 9.17) is 9.47 Å². The number of hydrogen-bond acceptors (Lipinski definition) is 5. The fourth-order valence-electron chi connectivity index (χ4n) is 4.98. The van der Waals surface area contributed by atoms with Gasteiger partial charge in [-0.15, -0.1) is 0 Å². The average molecular weight is 441 g/mol. The van der Waals surface area contributed by atoms with Gasteiger partial charge in [0.2, 0.25) is 0 Å². The zero-order valence-corrected chi connectivity index (χ0v) is 19.1. The van der Waals surface area contributed by atoms with Crippen molar-refractivity contribution in [1.82, 2.24) is 0 Å². The maximum atomic E-state index is 13.7. The third kappa shape index (κ3) is 3.84. The minimum absolute atomic E-state index is 0.0614. The Morgan fingerprint density at radius 2 is 1.58 bits per heavy atom. The van der Waals surface area contributed by atoms with E-state index in [1.807, 2.05) is 42.5 Å². The zero-order valence-electron chi connectivity index (χ0n) is 19.1. The molecule has 5 rings (SSSR count). The number of methoxy groups -OCH3 is 2. The molecule has 0 saturated carbocycles. The van der Waals surface area contributed by atoms with Gasteiger partial charge in [-0.25, -0.2) is 0 Å². The first-order valence-electron chi connectivity index (χ1n) is 11.2. The van der Waals surface area contributed by atoms with Crippen molar-refractivity contribution >= 4 is 17.2 Å². The zero-order chi connectivity index (χ0) is 22.9. The molecule has 0 bridgehead atoms. The van der Waals surface area contributed by atoms with E-state index in [-0.39, 0.29) is 17.7 Å². The predicted molar refractivity (Wildman–Crippen MR) is 131 cm³/mol. The lowest BCUT2D eigenvalue weighted by molar-refractivity contribution is -0.116. The molecular formula is C28H28N2O3. The highest BCUT2D eigenvalue weighted by molar-refractivity contribution is 6.01. The summed E-state index contributed by atoms with van der Waals surface area (Å²) in [4.78, 5) is 13.7. The van der Waals surface area contributed by atoms with Gasteiger partial charge in [-0.2, -0.15) is 0 Å². The van der Waals surface area contributed by atoms with Crippen LogP contribution in [0.3, 0.4) is 0 Å². The second-order valence-corrected chi connectivity index (χ2v) is 8.64. The highest BCUT2D eigenvalue weighted by Gasteiger charge is 2.36. The van der Waals surface area contributed by atoms with Gasteiger partial charge in [0.25, 0.3) is 0 Å². The summed E-state index contributed by atoms with van der Waals surface area (Å²) >= 11 is 0. The lowest BCUT2D eigenvalue weighted by Gasteiger charge is -2.30. The Bertz CT molecular complexity index is 1250. The number of para-hydroxylation sites is 2. The van der Waals surface area contributed by atoms with E-state index >= 15 is 0 Å². The number of carbonyl (C=O) groups excluding carboxylic acids is 1. The number of Topliss-reactive ketones (excluding diaryl/α,β-unsaturated/α-hetero) is 1. The quantitative estimate of drug-likeness (QED) is 0.522. The van der Waals surface area contributed by atoms with Gasteiger partial charge < -0.3 is 20.1 Å². The van der Waals surface area contributed by atoms with Crippen LogP contribution in [0, 0.1) is 6.92 Å². The summed E-state index contributed by atoms with van der Waals surface area (Å²) in [7, 11) is 3.26. The molecule has 0 aromatic heterocycles. The van der Waals surface area contributed by atoms with E-state index in [0.29, 0.717) is 17.9 Å². The second-order valence-electron chi connectivity index (χ2n) is 8.64. The maximum Gasteiger partial charge on any atom is 0.163 e. The van der Waals surface area contributed by atoms with Gasteiger partial charge >= 0.3 is 0 Å². The van der Waals surface area contributed by atoms with Crippen molar-refractivity contribution < 1.29 is 14.3 Å². The molecule has 3 aromatic carbocycles. The second kappa shape index (κ2) is 8.66. The molecule has 2 aliphatic rings. The van der Waals surface area contributed by atoms with Crippen LogP contribution >= 0.6 is 0 Å². The Hall–Kier alpha value is -3.73. The van der Waals surface area contributed by atoms with Gasteiger partial charge in [-0.05, 0) is 60.2 Å². The van der Waals surface area contributed by atoms with Crippen LogP contribution in [0.25, 0.3) is 0 Å². The summed E-state index contributed by atoms with van der Waals surface area (Å²) in [6, 6.07) is 22.2. The lowest BCUT2D eigenvalue weighted by atomic mass is 9.78. The van der Waals surface area contributed by atoms with E-state index in [1.165, 1.54) is 0 Å². The molecule has 2 atom stereocenters. The molecule has 1 heterocycles. The van der Waals surface area contributed by atoms with E-state index in [2.05, 4.69) is 41.8 Å². The number of aryl methyl sites for hydroxylation is 1. The predicted octanol–water partition coefficient (Wildman–Crippen LogP) is 5.99. The molecule has 0 radical (unpaired) electrons. The molecule has 0 spiro atoms. The SMILES string of the molecule is COc1ccc([C@@H]2CC(=O)C3=C(C2)Nc2ccccc2N[C@H]3c2ccccc2C)cc1OC. The molecule has 168 valence electrons. The number of nitrogens with one attached hydrogen (secondary N) is 2. The average Bonchev–Trinajstić information content (AvgIpc) is 3.00. The number of fused-ring (bicyclic) bond motifs is 1. The third-order valence-corrected chi connectivity index (χ3v) is 6.69. The monoisotopic (exact) mass is 440 g/mol. The van der Waals surface area contributed by atoms with Crippen molar-refractivity contribution in [2.24, 2.45) is 0 Å². The number of hydrogen-bond donors (Lipinski definition) is 2. The van der Waals surface area contributed by atoms with Crippen LogP contribution in [0.5, 0.6) is 11.5 Å². The summed E-state index contributed by atoms with van der Waals surface area (Å²) in [5, 5.41) is 7.26. The largest absolute Gasteiger partial charge is 0.493 e. The highest BCUT2D eigenvalue weighted by Crippen LogP contribution is 2.45. The van der Waals surface area contributed by atoms with Gasteiger partial charge in [0.15, 0.2) is 17.3 Å². The molecule has 0 fully saturated rings.